The molecule has 0 N–H and O–H groups in total. The summed E-state index contributed by atoms with van der Waals surface area (Å²) in [5.74, 6) is 1.00. The Kier molecular flexibility index (Phi) is 4.55. The molecule has 27 heavy (non-hydrogen) atoms. The Morgan fingerprint density at radius 2 is 1.26 bits per heavy atom. The number of fused-ring (bicyclic) bond motifs is 2. The first-order valence-electron chi connectivity index (χ1n) is 9.23. The van der Waals surface area contributed by atoms with Crippen LogP contribution >= 0.6 is 0 Å². The summed E-state index contributed by atoms with van der Waals surface area (Å²) in [7, 11) is -2.09. The van der Waals surface area contributed by atoms with Crippen molar-refractivity contribution in [3.05, 3.63) is 47.5 Å². The fraction of sp³-hybridized carbons (Fsp3) is 0.364. The lowest BCUT2D eigenvalue weighted by Crippen LogP contribution is -2.53. The van der Waals surface area contributed by atoms with Crippen LogP contribution in [-0.2, 0) is 0 Å². The third-order valence-corrected chi connectivity index (χ3v) is 11.1. The minimum atomic E-state index is -2.09. The molecule has 5 heteroatoms. The maximum Gasteiger partial charge on any atom is 0.163 e. The molecule has 142 valence electrons. The van der Waals surface area contributed by atoms with Crippen LogP contribution in [-0.4, -0.2) is 19.8 Å². The molecule has 0 saturated heterocycles. The van der Waals surface area contributed by atoms with E-state index >= 15 is 0 Å². The van der Waals surface area contributed by atoms with Gasteiger partial charge in [-0.3, -0.25) is 9.59 Å². The van der Waals surface area contributed by atoms with Crippen LogP contribution in [0.2, 0.25) is 18.1 Å². The number of nitrogens with zero attached hydrogens (tertiary/aromatic N) is 1. The van der Waals surface area contributed by atoms with E-state index in [0.717, 1.165) is 11.4 Å². The summed E-state index contributed by atoms with van der Waals surface area (Å²) < 4.78 is 8.59. The van der Waals surface area contributed by atoms with Crippen molar-refractivity contribution in [2.45, 2.75) is 52.8 Å². The highest BCUT2D eigenvalue weighted by Crippen LogP contribution is 2.55. The van der Waals surface area contributed by atoms with E-state index in [0.29, 0.717) is 22.6 Å². The van der Waals surface area contributed by atoms with E-state index < -0.39 is 8.24 Å². The molecule has 4 nitrogen and oxygen atoms in total. The second-order valence-corrected chi connectivity index (χ2v) is 13.7. The quantitative estimate of drug-likeness (QED) is 0.460. The molecule has 0 spiro atoms. The highest BCUT2D eigenvalue weighted by atomic mass is 28.3. The number of rotatable bonds is 3. The molecule has 0 fully saturated rings. The SMILES string of the molecule is CC(=O)c1cccc2c1Oc1c(C(C)=O)cccc1N2[Si](C)(C)C(C)(C)C. The number of para-hydroxylation sites is 2. The Balaban J connectivity index is 2.39. The Morgan fingerprint density at radius 3 is 1.59 bits per heavy atom. The van der Waals surface area contributed by atoms with Crippen molar-refractivity contribution in [3.63, 3.8) is 0 Å². The molecule has 0 amide bonds. The van der Waals surface area contributed by atoms with Crippen LogP contribution < -0.4 is 9.30 Å². The molecule has 0 saturated carbocycles. The van der Waals surface area contributed by atoms with Gasteiger partial charge in [-0.25, -0.2) is 0 Å². The minimum absolute atomic E-state index is 0.0502. The van der Waals surface area contributed by atoms with Gasteiger partial charge in [-0.15, -0.1) is 0 Å². The zero-order valence-electron chi connectivity index (χ0n) is 17.1. The van der Waals surface area contributed by atoms with Crippen LogP contribution in [0.3, 0.4) is 0 Å². The van der Waals surface area contributed by atoms with Gasteiger partial charge >= 0.3 is 0 Å². The van der Waals surface area contributed by atoms with Crippen molar-refractivity contribution >= 4 is 31.2 Å². The van der Waals surface area contributed by atoms with E-state index in [2.05, 4.69) is 38.4 Å². The highest BCUT2D eigenvalue weighted by molar-refractivity contribution is 6.85. The number of ether oxygens (including phenoxy) is 1. The van der Waals surface area contributed by atoms with Gasteiger partial charge in [-0.05, 0) is 43.2 Å². The van der Waals surface area contributed by atoms with Crippen LogP contribution in [0.5, 0.6) is 11.5 Å². The third-order valence-electron chi connectivity index (χ3n) is 5.83. The van der Waals surface area contributed by atoms with E-state index in [4.69, 9.17) is 4.74 Å². The summed E-state index contributed by atoms with van der Waals surface area (Å²) in [5.41, 5.74) is 2.89. The first kappa shape index (κ1) is 19.4. The van der Waals surface area contributed by atoms with Crippen LogP contribution in [0.25, 0.3) is 0 Å². The Bertz CT molecular complexity index is 878. The molecule has 0 radical (unpaired) electrons. The number of carbonyl (C=O) groups excluding carboxylic acids is 2. The largest absolute Gasteiger partial charge is 0.451 e. The van der Waals surface area contributed by atoms with E-state index in [1.807, 2.05) is 24.3 Å². The molecule has 3 rings (SSSR count). The Morgan fingerprint density at radius 1 is 0.852 bits per heavy atom. The summed E-state index contributed by atoms with van der Waals surface area (Å²) >= 11 is 0. The predicted octanol–water partition coefficient (Wildman–Crippen LogP) is 6.34. The monoisotopic (exact) mass is 381 g/mol. The summed E-state index contributed by atoms with van der Waals surface area (Å²) in [4.78, 5) is 24.5. The highest BCUT2D eigenvalue weighted by Gasteiger charge is 2.46. The summed E-state index contributed by atoms with van der Waals surface area (Å²) in [6.07, 6.45) is 0. The average Bonchev–Trinajstić information content (AvgIpc) is 2.56. The van der Waals surface area contributed by atoms with E-state index in [1.165, 1.54) is 0 Å². The Hall–Kier alpha value is -2.40. The van der Waals surface area contributed by atoms with Crippen LogP contribution in [0.15, 0.2) is 36.4 Å². The van der Waals surface area contributed by atoms with E-state index in [9.17, 15) is 9.59 Å². The Labute approximate surface area is 162 Å². The lowest BCUT2D eigenvalue weighted by atomic mass is 10.0. The van der Waals surface area contributed by atoms with Crippen molar-refractivity contribution in [3.8, 4) is 11.5 Å². The fourth-order valence-corrected chi connectivity index (χ4v) is 5.57. The molecule has 0 atom stereocenters. The predicted molar refractivity (Wildman–Crippen MR) is 112 cm³/mol. The number of anilines is 2. The molecular weight excluding hydrogens is 354 g/mol. The number of carbonyl (C=O) groups is 2. The number of ketones is 2. The van der Waals surface area contributed by atoms with Gasteiger partial charge in [0.25, 0.3) is 0 Å². The fourth-order valence-electron chi connectivity index (χ4n) is 3.34. The molecule has 2 aromatic rings. The van der Waals surface area contributed by atoms with Crippen LogP contribution in [0, 0.1) is 0 Å². The molecule has 1 aliphatic heterocycles. The normalized spacial score (nSPS) is 13.5. The molecule has 0 aliphatic carbocycles. The van der Waals surface area contributed by atoms with E-state index in [-0.39, 0.29) is 16.6 Å². The van der Waals surface area contributed by atoms with Crippen molar-refractivity contribution < 1.29 is 14.3 Å². The number of Topliss-reactive ketones (excluding diaryl/α,β-unsaturated/α-hetero) is 2. The van der Waals surface area contributed by atoms with Gasteiger partial charge in [0.05, 0.1) is 22.5 Å². The maximum atomic E-state index is 12.2. The molecule has 1 aliphatic rings. The number of hydrogen-bond acceptors (Lipinski definition) is 4. The smallest absolute Gasteiger partial charge is 0.163 e. The van der Waals surface area contributed by atoms with Crippen LogP contribution in [0.1, 0.15) is 55.3 Å². The first-order valence-corrected chi connectivity index (χ1v) is 12.2. The second-order valence-electron chi connectivity index (χ2n) is 8.67. The van der Waals surface area contributed by atoms with Gasteiger partial charge in [-0.2, -0.15) is 0 Å². The average molecular weight is 382 g/mol. The van der Waals surface area contributed by atoms with Crippen molar-refractivity contribution in [2.75, 3.05) is 4.57 Å². The minimum Gasteiger partial charge on any atom is -0.451 e. The zero-order chi connectivity index (χ0) is 20.1. The topological polar surface area (TPSA) is 46.6 Å². The van der Waals surface area contributed by atoms with Gasteiger partial charge in [0, 0.05) is 0 Å². The van der Waals surface area contributed by atoms with Gasteiger partial charge in [0.1, 0.15) is 0 Å². The number of benzene rings is 2. The lowest BCUT2D eigenvalue weighted by Gasteiger charge is -2.49. The molecule has 1 heterocycles. The first-order chi connectivity index (χ1) is 12.5. The van der Waals surface area contributed by atoms with Crippen LogP contribution in [0.4, 0.5) is 11.4 Å². The van der Waals surface area contributed by atoms with Crippen molar-refractivity contribution in [2.24, 2.45) is 0 Å². The number of hydrogen-bond donors (Lipinski definition) is 0. The summed E-state index contributed by atoms with van der Waals surface area (Å²) in [6, 6.07) is 11.4. The molecule has 2 aromatic carbocycles. The summed E-state index contributed by atoms with van der Waals surface area (Å²) in [6.45, 7) is 14.5. The third kappa shape index (κ3) is 3.00. The van der Waals surface area contributed by atoms with Crippen molar-refractivity contribution in [1.29, 1.82) is 0 Å². The standard InChI is InChI=1S/C22H27NO3Si/c1-14(24)16-10-8-12-18-20(16)26-21-17(15(2)25)11-9-13-19(21)23(18)27(6,7)22(3,4)5/h8-13H,1-7H3. The lowest BCUT2D eigenvalue weighted by molar-refractivity contribution is 0.101. The van der Waals surface area contributed by atoms with E-state index in [1.54, 1.807) is 26.0 Å². The van der Waals surface area contributed by atoms with Gasteiger partial charge in [0.15, 0.2) is 31.3 Å². The van der Waals surface area contributed by atoms with Gasteiger partial charge < -0.3 is 9.30 Å². The van der Waals surface area contributed by atoms with Crippen molar-refractivity contribution in [1.82, 2.24) is 0 Å². The van der Waals surface area contributed by atoms with Gasteiger partial charge in [-0.1, -0.05) is 46.0 Å². The molecule has 0 bridgehead atoms. The molecule has 0 aromatic heterocycles. The molecular formula is C22H27NO3Si. The zero-order valence-corrected chi connectivity index (χ0v) is 18.1. The second kappa shape index (κ2) is 6.34. The maximum absolute atomic E-state index is 12.2. The van der Waals surface area contributed by atoms with Gasteiger partial charge in [0.2, 0.25) is 0 Å². The summed E-state index contributed by atoms with van der Waals surface area (Å²) in [5, 5.41) is 0.0529. The molecule has 0 unspecified atom stereocenters.